The number of benzene rings is 4. The van der Waals surface area contributed by atoms with E-state index in [1.807, 2.05) is 0 Å². The largest absolute Gasteiger partial charge is 4.00 e. The van der Waals surface area contributed by atoms with Gasteiger partial charge in [-0.3, -0.25) is 0 Å². The summed E-state index contributed by atoms with van der Waals surface area (Å²) in [6, 6.07) is 43.5. The van der Waals surface area contributed by atoms with Crippen molar-refractivity contribution in [2.75, 3.05) is 0 Å². The molecule has 0 spiro atoms. The first-order valence-electron chi connectivity index (χ1n) is 16.7. The maximum Gasteiger partial charge on any atom is 4.00 e. The molecule has 0 amide bonds. The summed E-state index contributed by atoms with van der Waals surface area (Å²) >= 11 is 0. The van der Waals surface area contributed by atoms with Gasteiger partial charge in [0.05, 0.1) is 0 Å². The standard InChI is InChI=1S/2C17H15.2C4H9.C2H6Si.Zr/c2*1-2-13-11-15-9-6-10-16(17(15)12-13)14-7-4-3-5-8-14;2*1-3-4-2;1-3-2;/h2*3-12H,2H2,1H3;2*1,3-4H2,2H3;1-2H3;/q4*-1;;+4. The second-order valence-corrected chi connectivity index (χ2v) is 12.0. The molecule has 0 saturated heterocycles. The van der Waals surface area contributed by atoms with Gasteiger partial charge in [0.2, 0.25) is 0 Å². The van der Waals surface area contributed by atoms with E-state index in [-0.39, 0.29) is 26.2 Å². The third-order valence-electron chi connectivity index (χ3n) is 7.31. The van der Waals surface area contributed by atoms with Crippen molar-refractivity contribution in [1.29, 1.82) is 0 Å². The van der Waals surface area contributed by atoms with Gasteiger partial charge in [-0.1, -0.05) is 138 Å². The van der Waals surface area contributed by atoms with Gasteiger partial charge in [-0.2, -0.15) is 25.0 Å². The Morgan fingerprint density at radius 3 is 1.13 bits per heavy atom. The molecule has 0 atom stereocenters. The summed E-state index contributed by atoms with van der Waals surface area (Å²) in [6.45, 7) is 20.2. The first-order chi connectivity index (χ1) is 22.0. The summed E-state index contributed by atoms with van der Waals surface area (Å²) < 4.78 is 0. The van der Waals surface area contributed by atoms with Gasteiger partial charge in [-0.25, -0.2) is 0 Å². The van der Waals surface area contributed by atoms with Crippen LogP contribution >= 0.6 is 0 Å². The number of hydrogen-bond donors (Lipinski definition) is 0. The summed E-state index contributed by atoms with van der Waals surface area (Å²) in [4.78, 5) is 0. The first-order valence-corrected chi connectivity index (χ1v) is 18.7. The molecule has 0 saturated carbocycles. The molecule has 0 nitrogen and oxygen atoms in total. The van der Waals surface area contributed by atoms with Gasteiger partial charge in [-0.05, 0) is 24.0 Å². The van der Waals surface area contributed by atoms with Crippen molar-refractivity contribution in [1.82, 2.24) is 0 Å². The van der Waals surface area contributed by atoms with Gasteiger partial charge in [0.1, 0.15) is 0 Å². The van der Waals surface area contributed by atoms with Gasteiger partial charge in [0.15, 0.2) is 0 Å². The van der Waals surface area contributed by atoms with Crippen LogP contribution in [0.1, 0.15) is 64.5 Å². The van der Waals surface area contributed by atoms with E-state index >= 15 is 0 Å². The summed E-state index contributed by atoms with van der Waals surface area (Å²) in [5, 5.41) is 5.44. The molecule has 6 aromatic carbocycles. The molecule has 0 aliphatic heterocycles. The normalized spacial score (nSPS) is 9.74. The summed E-state index contributed by atoms with van der Waals surface area (Å²) in [6.07, 6.45) is 6.76. The average molecular weight is 702 g/mol. The minimum Gasteiger partial charge on any atom is -0.343 e. The predicted molar refractivity (Wildman–Crippen MR) is 207 cm³/mol. The molecule has 0 bridgehead atoms. The summed E-state index contributed by atoms with van der Waals surface area (Å²) in [5.41, 5.74) is 8.11. The van der Waals surface area contributed by atoms with E-state index in [1.54, 1.807) is 0 Å². The maximum absolute atomic E-state index is 3.60. The van der Waals surface area contributed by atoms with Crippen LogP contribution in [-0.2, 0) is 39.0 Å². The Labute approximate surface area is 303 Å². The van der Waals surface area contributed by atoms with Crippen LogP contribution in [0.4, 0.5) is 0 Å². The minimum absolute atomic E-state index is 0. The third-order valence-corrected chi connectivity index (χ3v) is 7.31. The molecule has 2 radical (unpaired) electrons. The van der Waals surface area contributed by atoms with Gasteiger partial charge >= 0.3 is 26.2 Å². The fourth-order valence-corrected chi connectivity index (χ4v) is 4.74. The van der Waals surface area contributed by atoms with Crippen molar-refractivity contribution < 1.29 is 26.2 Å². The van der Waals surface area contributed by atoms with E-state index in [1.165, 1.54) is 67.8 Å². The molecular weight excluding hydrogens is 648 g/mol. The van der Waals surface area contributed by atoms with Crippen LogP contribution in [-0.4, -0.2) is 9.52 Å². The maximum atomic E-state index is 3.60. The number of hydrogen-bond acceptors (Lipinski definition) is 0. The average Bonchev–Trinajstić information content (AvgIpc) is 3.74. The Morgan fingerprint density at radius 2 is 0.848 bits per heavy atom. The van der Waals surface area contributed by atoms with Crippen molar-refractivity contribution in [3.05, 3.63) is 146 Å². The number of rotatable bonds is 6. The fraction of sp³-hybridized carbons (Fsp3) is 0.273. The van der Waals surface area contributed by atoms with Crippen LogP contribution in [0.5, 0.6) is 0 Å². The van der Waals surface area contributed by atoms with Gasteiger partial charge in [0.25, 0.3) is 0 Å². The second kappa shape index (κ2) is 24.4. The van der Waals surface area contributed by atoms with Crippen LogP contribution in [0.25, 0.3) is 43.8 Å². The molecule has 238 valence electrons. The Balaban J connectivity index is 0.000000345. The van der Waals surface area contributed by atoms with Crippen molar-refractivity contribution in [2.45, 2.75) is 79.3 Å². The van der Waals surface area contributed by atoms with Crippen molar-refractivity contribution in [2.24, 2.45) is 0 Å². The Morgan fingerprint density at radius 1 is 0.522 bits per heavy atom. The van der Waals surface area contributed by atoms with Crippen LogP contribution in [0.15, 0.2) is 121 Å². The zero-order valence-corrected chi connectivity index (χ0v) is 32.7. The molecule has 0 fully saturated rings. The molecule has 2 heteroatoms. The van der Waals surface area contributed by atoms with E-state index in [0.29, 0.717) is 0 Å². The van der Waals surface area contributed by atoms with Crippen molar-refractivity contribution in [3.63, 3.8) is 0 Å². The molecular formula is C44H54SiZr. The van der Waals surface area contributed by atoms with Crippen LogP contribution in [0.2, 0.25) is 13.1 Å². The van der Waals surface area contributed by atoms with Gasteiger partial charge in [0, 0.05) is 9.52 Å². The quantitative estimate of drug-likeness (QED) is 0.120. The Bertz CT molecular complexity index is 1470. The Kier molecular flexibility index (Phi) is 21.9. The third kappa shape index (κ3) is 13.1. The summed E-state index contributed by atoms with van der Waals surface area (Å²) in [7, 11) is 1.08. The number of fused-ring (bicyclic) bond motifs is 2. The molecule has 0 heterocycles. The van der Waals surface area contributed by atoms with Crippen LogP contribution in [0, 0.1) is 13.8 Å². The molecule has 6 aromatic rings. The zero-order chi connectivity index (χ0) is 32.9. The molecule has 0 aliphatic rings. The molecule has 0 aliphatic carbocycles. The van der Waals surface area contributed by atoms with Gasteiger partial charge < -0.3 is 13.8 Å². The molecule has 0 aromatic heterocycles. The minimum atomic E-state index is 0. The van der Waals surface area contributed by atoms with Gasteiger partial charge in [-0.15, -0.1) is 69.1 Å². The molecule has 6 rings (SSSR count). The molecule has 0 N–H and O–H groups in total. The summed E-state index contributed by atoms with van der Waals surface area (Å²) in [5.74, 6) is 0. The fourth-order valence-electron chi connectivity index (χ4n) is 4.74. The van der Waals surface area contributed by atoms with E-state index in [0.717, 1.165) is 35.2 Å². The molecule has 0 unspecified atom stereocenters. The van der Waals surface area contributed by atoms with Crippen molar-refractivity contribution in [3.8, 4) is 22.3 Å². The van der Waals surface area contributed by atoms with E-state index in [4.69, 9.17) is 0 Å². The topological polar surface area (TPSA) is 0 Å². The van der Waals surface area contributed by atoms with Crippen LogP contribution < -0.4 is 0 Å². The first kappa shape index (κ1) is 41.2. The zero-order valence-electron chi connectivity index (χ0n) is 29.2. The SMILES string of the molecule is CCc1cc2c(-c3ccccc3)cccc2[cH-]1.CCc1cc2c(-c3ccccc3)cccc2[cH-]1.C[Si]C.[CH2-]CCC.[CH2-]CCC.[Zr+4]. The monoisotopic (exact) mass is 700 g/mol. The Hall–Kier alpha value is -2.80. The van der Waals surface area contributed by atoms with E-state index in [9.17, 15) is 0 Å². The second-order valence-electron chi connectivity index (χ2n) is 11.0. The van der Waals surface area contributed by atoms with E-state index in [2.05, 4.69) is 176 Å². The predicted octanol–water partition coefficient (Wildman–Crippen LogP) is 13.6. The number of aryl methyl sites for hydroxylation is 2. The molecule has 46 heavy (non-hydrogen) atoms. The smallest absolute Gasteiger partial charge is 0.343 e. The van der Waals surface area contributed by atoms with E-state index < -0.39 is 0 Å². The van der Waals surface area contributed by atoms with Crippen LogP contribution in [0.3, 0.4) is 0 Å². The number of unbranched alkanes of at least 4 members (excludes halogenated alkanes) is 2. The van der Waals surface area contributed by atoms with Crippen molar-refractivity contribution >= 4 is 31.1 Å².